The number of unbranched alkanes of at least 4 members (excludes halogenated alkanes) is 2. The summed E-state index contributed by atoms with van der Waals surface area (Å²) in [5.74, 6) is -7.30. The Morgan fingerprint density at radius 1 is 0.547 bits per heavy atom. The third kappa shape index (κ3) is 19.9. The molecule has 21 nitrogen and oxygen atoms in total. The maximum atomic E-state index is 13.8. The van der Waals surface area contributed by atoms with E-state index in [1.54, 1.807) is 48.5 Å². The van der Waals surface area contributed by atoms with Gasteiger partial charge in [0.2, 0.25) is 35.4 Å². The molecule has 13 N–H and O–H groups in total. The maximum absolute atomic E-state index is 13.8. The summed E-state index contributed by atoms with van der Waals surface area (Å²) in [7, 11) is 1.44. The van der Waals surface area contributed by atoms with Gasteiger partial charge in [-0.25, -0.2) is 0 Å². The smallest absolute Gasteiger partial charge is 0.325 e. The quantitative estimate of drug-likeness (QED) is 0.0440. The Kier molecular flexibility index (Phi) is 24.8. The second-order valence-corrected chi connectivity index (χ2v) is 16.4. The molecule has 0 unspecified atom stereocenters. The predicted molar refractivity (Wildman–Crippen MR) is 239 cm³/mol. The van der Waals surface area contributed by atoms with E-state index in [0.29, 0.717) is 24.0 Å². The van der Waals surface area contributed by atoms with Crippen molar-refractivity contribution >= 4 is 85.1 Å². The molecule has 0 aliphatic heterocycles. The number of benzene rings is 2. The molecule has 0 heterocycles. The van der Waals surface area contributed by atoms with Gasteiger partial charge in [-0.2, -0.15) is 0 Å². The highest BCUT2D eigenvalue weighted by Crippen LogP contribution is 2.12. The Balaban J connectivity index is 2.19. The van der Waals surface area contributed by atoms with Gasteiger partial charge in [0.25, 0.3) is 11.8 Å². The lowest BCUT2D eigenvalue weighted by Crippen LogP contribution is -2.60. The van der Waals surface area contributed by atoms with E-state index in [4.69, 9.17) is 5.73 Å². The largest absolute Gasteiger partial charge is 0.480 e. The van der Waals surface area contributed by atoms with E-state index in [9.17, 15) is 58.5 Å². The number of likely N-dealkylation sites (N-methyl/N-ethyl adjacent to an activating group) is 1. The first kappa shape index (κ1) is 54.6. The fourth-order valence-electron chi connectivity index (χ4n) is 5.84. The summed E-state index contributed by atoms with van der Waals surface area (Å²) in [6.07, 6.45) is 0.848. The number of nitrogens with one attached hydrogen (secondary N) is 8. The summed E-state index contributed by atoms with van der Waals surface area (Å²) in [5, 5.41) is 49.7. The van der Waals surface area contributed by atoms with E-state index in [-0.39, 0.29) is 63.4 Å². The minimum atomic E-state index is -1.69. The zero-order valence-corrected chi connectivity index (χ0v) is 38.6. The molecule has 0 aliphatic carbocycles. The highest BCUT2D eigenvalue weighted by Gasteiger charge is 2.32. The molecule has 0 radical (unpaired) electrons. The SMILES string of the molecule is CN[C@@H](CCC(N)=O)C(=O)N[C@@H](CO)C(=O)N[C@@H](CCCCNC(=O)c1ccc(Br)cc1)C(=O)N[C@@H](CO)C(=O)N[C@@H](CCCCNC(=O)c1ccc(Br)cc1)C(=O)N[C@@H](C)C(=O)O. The number of aliphatic hydroxyl groups excluding tert-OH is 2. The van der Waals surface area contributed by atoms with Crippen molar-refractivity contribution in [3.05, 3.63) is 68.6 Å². The van der Waals surface area contributed by atoms with Gasteiger partial charge >= 0.3 is 5.97 Å². The van der Waals surface area contributed by atoms with Gasteiger partial charge < -0.3 is 63.6 Å². The van der Waals surface area contributed by atoms with E-state index < -0.39 is 90.9 Å². The summed E-state index contributed by atoms with van der Waals surface area (Å²) in [6.45, 7) is -0.284. The number of carbonyl (C=O) groups excluding carboxylic acids is 8. The third-order valence-corrected chi connectivity index (χ3v) is 10.7. The predicted octanol–water partition coefficient (Wildman–Crippen LogP) is -0.921. The van der Waals surface area contributed by atoms with Gasteiger partial charge in [0, 0.05) is 39.6 Å². The fourth-order valence-corrected chi connectivity index (χ4v) is 6.37. The van der Waals surface area contributed by atoms with Crippen LogP contribution in [-0.2, 0) is 33.6 Å². The summed E-state index contributed by atoms with van der Waals surface area (Å²) in [4.78, 5) is 115. The van der Waals surface area contributed by atoms with E-state index >= 15 is 0 Å². The zero-order chi connectivity index (χ0) is 47.8. The number of rotatable bonds is 29. The Bertz CT molecular complexity index is 1910. The van der Waals surface area contributed by atoms with Crippen molar-refractivity contribution in [1.82, 2.24) is 42.5 Å². The molecular formula is C41H57Br2N9O12. The van der Waals surface area contributed by atoms with Crippen LogP contribution in [0.15, 0.2) is 57.5 Å². The fraction of sp³-hybridized carbons (Fsp3) is 0.488. The van der Waals surface area contributed by atoms with Crippen LogP contribution >= 0.6 is 31.9 Å². The average molecular weight is 1030 g/mol. The average Bonchev–Trinajstić information content (AvgIpc) is 3.26. The van der Waals surface area contributed by atoms with Crippen molar-refractivity contribution in [2.75, 3.05) is 33.4 Å². The maximum Gasteiger partial charge on any atom is 0.325 e. The lowest BCUT2D eigenvalue weighted by atomic mass is 10.1. The van der Waals surface area contributed by atoms with E-state index in [0.717, 1.165) is 8.95 Å². The first-order valence-electron chi connectivity index (χ1n) is 20.4. The number of halogens is 2. The Hall–Kier alpha value is -5.49. The highest BCUT2D eigenvalue weighted by atomic mass is 79.9. The lowest BCUT2D eigenvalue weighted by molar-refractivity contribution is -0.142. The number of carboxylic acid groups (broad SMARTS) is 1. The van der Waals surface area contributed by atoms with Crippen LogP contribution < -0.4 is 48.3 Å². The Morgan fingerprint density at radius 2 is 0.906 bits per heavy atom. The summed E-state index contributed by atoms with van der Waals surface area (Å²) >= 11 is 6.61. The van der Waals surface area contributed by atoms with Crippen molar-refractivity contribution in [1.29, 1.82) is 0 Å². The number of aliphatic hydroxyl groups is 2. The van der Waals surface area contributed by atoms with Crippen LogP contribution in [0.4, 0.5) is 0 Å². The van der Waals surface area contributed by atoms with Crippen LogP contribution in [0.3, 0.4) is 0 Å². The van der Waals surface area contributed by atoms with E-state index in [2.05, 4.69) is 74.4 Å². The molecule has 2 rings (SSSR count). The first-order chi connectivity index (χ1) is 30.4. The molecule has 2 aromatic carbocycles. The zero-order valence-electron chi connectivity index (χ0n) is 35.4. The molecule has 64 heavy (non-hydrogen) atoms. The molecular weight excluding hydrogens is 970 g/mol. The van der Waals surface area contributed by atoms with Gasteiger partial charge in [0.05, 0.1) is 19.3 Å². The topological polar surface area (TPSA) is 337 Å². The molecule has 352 valence electrons. The molecule has 0 aliphatic rings. The van der Waals surface area contributed by atoms with Crippen molar-refractivity contribution in [3.63, 3.8) is 0 Å². The number of carboxylic acids is 1. The van der Waals surface area contributed by atoms with Gasteiger partial charge in [-0.1, -0.05) is 31.9 Å². The third-order valence-electron chi connectivity index (χ3n) is 9.59. The summed E-state index contributed by atoms with van der Waals surface area (Å²) < 4.78 is 1.58. The first-order valence-corrected chi connectivity index (χ1v) is 22.0. The normalized spacial score (nSPS) is 13.7. The van der Waals surface area contributed by atoms with E-state index in [1.165, 1.54) is 14.0 Å². The van der Waals surface area contributed by atoms with Crippen LogP contribution in [0.25, 0.3) is 0 Å². The minimum absolute atomic E-state index is 0.0158. The number of hydrogen-bond donors (Lipinski definition) is 12. The molecule has 0 saturated heterocycles. The van der Waals surface area contributed by atoms with Gasteiger partial charge in [0.1, 0.15) is 30.2 Å². The number of amides is 8. The van der Waals surface area contributed by atoms with Crippen LogP contribution in [0.5, 0.6) is 0 Å². The van der Waals surface area contributed by atoms with Crippen LogP contribution in [0.1, 0.15) is 79.0 Å². The van der Waals surface area contributed by atoms with Crippen molar-refractivity contribution in [2.45, 2.75) is 94.5 Å². The Labute approximate surface area is 386 Å². The van der Waals surface area contributed by atoms with Crippen LogP contribution in [0.2, 0.25) is 0 Å². The molecule has 0 saturated carbocycles. The highest BCUT2D eigenvalue weighted by molar-refractivity contribution is 9.10. The van der Waals surface area contributed by atoms with Gasteiger partial charge in [-0.3, -0.25) is 43.2 Å². The van der Waals surface area contributed by atoms with Crippen molar-refractivity contribution in [2.24, 2.45) is 5.73 Å². The van der Waals surface area contributed by atoms with Gasteiger partial charge in [-0.15, -0.1) is 0 Å². The molecule has 8 amide bonds. The second kappa shape index (κ2) is 29.1. The number of primary amides is 1. The van der Waals surface area contributed by atoms with E-state index in [1.807, 2.05) is 0 Å². The molecule has 0 aromatic heterocycles. The van der Waals surface area contributed by atoms with Gasteiger partial charge in [-0.05, 0) is 107 Å². The standard InChI is InChI=1S/C41H57Br2N9O12/c1-23(41(63)64)48-37(59)29(7-3-5-19-46-34(56)24-9-13-26(42)14-10-24)49-40(62)32(22-54)52-38(60)30(8-4-6-20-47-35(57)25-11-15-27(43)16-12-25)50-39(61)31(21-53)51-36(58)28(45-2)17-18-33(44)55/h9-16,23,28-32,45,53-54H,3-8,17-22H2,1-2H3,(H2,44,55)(H,46,56)(H,47,57)(H,48,59)(H,49,62)(H,50,61)(H,51,58)(H,52,60)(H,63,64)/t23-,28-,29-,30-,31-,32-/m0/s1. The molecule has 23 heteroatoms. The summed E-state index contributed by atoms with van der Waals surface area (Å²) in [5.41, 5.74) is 6.02. The Morgan fingerprint density at radius 3 is 1.27 bits per heavy atom. The molecule has 0 fully saturated rings. The van der Waals surface area contributed by atoms with Crippen LogP contribution in [0, 0.1) is 0 Å². The lowest BCUT2D eigenvalue weighted by Gasteiger charge is -2.26. The number of hydrogen-bond acceptors (Lipinski definition) is 12. The monoisotopic (exact) mass is 1030 g/mol. The number of aliphatic carboxylic acids is 1. The number of carbonyl (C=O) groups is 9. The van der Waals surface area contributed by atoms with Crippen molar-refractivity contribution < 1.29 is 58.5 Å². The van der Waals surface area contributed by atoms with Crippen molar-refractivity contribution in [3.8, 4) is 0 Å². The second-order valence-electron chi connectivity index (χ2n) is 14.5. The minimum Gasteiger partial charge on any atom is -0.480 e. The van der Waals surface area contributed by atoms with Gasteiger partial charge in [0.15, 0.2) is 0 Å². The molecule has 0 bridgehead atoms. The molecule has 0 spiro atoms. The number of nitrogens with two attached hydrogens (primary N) is 1. The van der Waals surface area contributed by atoms with Crippen LogP contribution in [-0.4, -0.2) is 138 Å². The molecule has 6 atom stereocenters. The molecule has 2 aromatic rings. The summed E-state index contributed by atoms with van der Waals surface area (Å²) in [6, 6.07) is 4.98.